The van der Waals surface area contributed by atoms with E-state index in [9.17, 15) is 0 Å². The minimum Gasteiger partial charge on any atom is -0.456 e. The van der Waals surface area contributed by atoms with Gasteiger partial charge in [-0.3, -0.25) is 0 Å². The molecule has 0 amide bonds. The molecule has 6 aromatic carbocycles. The highest BCUT2D eigenvalue weighted by Gasteiger charge is 2.22. The van der Waals surface area contributed by atoms with Crippen LogP contribution in [0.4, 0.5) is 0 Å². The van der Waals surface area contributed by atoms with Crippen LogP contribution in [0.1, 0.15) is 0 Å². The summed E-state index contributed by atoms with van der Waals surface area (Å²) in [6.45, 7) is 0. The van der Waals surface area contributed by atoms with Crippen molar-refractivity contribution in [2.45, 2.75) is 0 Å². The molecule has 3 heteroatoms. The van der Waals surface area contributed by atoms with Crippen LogP contribution in [0.15, 0.2) is 120 Å². The van der Waals surface area contributed by atoms with E-state index in [4.69, 9.17) is 4.42 Å². The highest BCUT2D eigenvalue weighted by Crippen LogP contribution is 2.48. The monoisotopic (exact) mass is 489 g/mol. The first-order chi connectivity index (χ1) is 18.4. The number of fused-ring (bicyclic) bond motifs is 13. The summed E-state index contributed by atoms with van der Waals surface area (Å²) in [6.07, 6.45) is 0. The summed E-state index contributed by atoms with van der Waals surface area (Å²) in [4.78, 5) is 0. The number of hydrogen-bond acceptors (Lipinski definition) is 2. The highest BCUT2D eigenvalue weighted by molar-refractivity contribution is 7.27. The van der Waals surface area contributed by atoms with Gasteiger partial charge < -0.3 is 8.98 Å². The zero-order valence-corrected chi connectivity index (χ0v) is 20.5. The van der Waals surface area contributed by atoms with E-state index >= 15 is 0 Å². The van der Waals surface area contributed by atoms with Gasteiger partial charge in [-0.2, -0.15) is 0 Å². The van der Waals surface area contributed by atoms with Gasteiger partial charge in [-0.1, -0.05) is 78.9 Å². The lowest BCUT2D eigenvalue weighted by Crippen LogP contribution is -1.94. The molecule has 0 saturated heterocycles. The fourth-order valence-corrected chi connectivity index (χ4v) is 7.48. The maximum Gasteiger partial charge on any atom is 0.135 e. The summed E-state index contributed by atoms with van der Waals surface area (Å²) >= 11 is 1.90. The van der Waals surface area contributed by atoms with Gasteiger partial charge in [-0.25, -0.2) is 0 Å². The number of thiophene rings is 1. The quantitative estimate of drug-likeness (QED) is 0.224. The van der Waals surface area contributed by atoms with Crippen molar-refractivity contribution in [2.24, 2.45) is 0 Å². The van der Waals surface area contributed by atoms with Crippen LogP contribution in [0.3, 0.4) is 0 Å². The lowest BCUT2D eigenvalue weighted by Gasteiger charge is -2.11. The molecule has 0 saturated carbocycles. The SMILES string of the molecule is c1ccc2c(c1)oc1ccc(-n3c4ccccc4c4c5ccccc5c5sc6ccccc6c5c43)cc12. The molecule has 0 fully saturated rings. The number of rotatable bonds is 1. The third-order valence-corrected chi connectivity index (χ3v) is 8.97. The molecule has 0 unspecified atom stereocenters. The molecule has 0 radical (unpaired) electrons. The predicted octanol–water partition coefficient (Wildman–Crippen LogP) is 10.2. The molecule has 9 rings (SSSR count). The number of hydrogen-bond donors (Lipinski definition) is 0. The van der Waals surface area contributed by atoms with Crippen LogP contribution in [-0.2, 0) is 0 Å². The summed E-state index contributed by atoms with van der Waals surface area (Å²) in [5.74, 6) is 0. The van der Waals surface area contributed by atoms with Gasteiger partial charge in [-0.15, -0.1) is 11.3 Å². The van der Waals surface area contributed by atoms with Crippen LogP contribution in [0.5, 0.6) is 0 Å². The Bertz CT molecular complexity index is 2370. The predicted molar refractivity (Wildman–Crippen MR) is 158 cm³/mol. The van der Waals surface area contributed by atoms with E-state index in [1.165, 1.54) is 52.8 Å². The van der Waals surface area contributed by atoms with Crippen LogP contribution >= 0.6 is 11.3 Å². The normalized spacial score (nSPS) is 12.3. The Hall–Kier alpha value is -4.60. The fraction of sp³-hybridized carbons (Fsp3) is 0. The number of furan rings is 1. The first-order valence-electron chi connectivity index (χ1n) is 12.5. The Morgan fingerprint density at radius 2 is 1.19 bits per heavy atom. The Morgan fingerprint density at radius 3 is 2.08 bits per heavy atom. The number of aromatic nitrogens is 1. The van der Waals surface area contributed by atoms with Crippen molar-refractivity contribution < 1.29 is 4.42 Å². The molecular formula is C34H19NOS. The molecule has 0 N–H and O–H groups in total. The minimum absolute atomic E-state index is 0.919. The second-order valence-electron chi connectivity index (χ2n) is 9.70. The minimum atomic E-state index is 0.919. The van der Waals surface area contributed by atoms with Crippen LogP contribution in [0, 0.1) is 0 Å². The fourth-order valence-electron chi connectivity index (χ4n) is 6.24. The van der Waals surface area contributed by atoms with Crippen molar-refractivity contribution >= 4 is 86.0 Å². The van der Waals surface area contributed by atoms with E-state index in [1.54, 1.807) is 0 Å². The third kappa shape index (κ3) is 2.49. The summed E-state index contributed by atoms with van der Waals surface area (Å²) < 4.78 is 11.3. The third-order valence-electron chi connectivity index (χ3n) is 7.77. The molecule has 0 bridgehead atoms. The molecule has 172 valence electrons. The van der Waals surface area contributed by atoms with Crippen molar-refractivity contribution in [3.05, 3.63) is 115 Å². The maximum atomic E-state index is 6.17. The van der Waals surface area contributed by atoms with E-state index in [0.29, 0.717) is 0 Å². The van der Waals surface area contributed by atoms with E-state index < -0.39 is 0 Å². The number of nitrogens with zero attached hydrogens (tertiary/aromatic N) is 1. The number of para-hydroxylation sites is 2. The average molecular weight is 490 g/mol. The molecule has 0 spiro atoms. The smallest absolute Gasteiger partial charge is 0.135 e. The number of benzene rings is 6. The topological polar surface area (TPSA) is 18.1 Å². The zero-order valence-electron chi connectivity index (χ0n) is 19.7. The Kier molecular flexibility index (Phi) is 3.70. The van der Waals surface area contributed by atoms with Gasteiger partial charge in [0.2, 0.25) is 0 Å². The van der Waals surface area contributed by atoms with E-state index in [2.05, 4.69) is 108 Å². The Morgan fingerprint density at radius 1 is 0.514 bits per heavy atom. The summed E-state index contributed by atoms with van der Waals surface area (Å²) in [5.41, 5.74) is 5.49. The standard InChI is InChI=1S/C34H19NOS/c1-2-11-23-22(10-1)31-24-12-3-6-14-27(24)35(33(31)32-25-13-5-8-16-30(25)37-34(23)32)20-17-18-29-26(19-20)21-9-4-7-15-28(21)36-29/h1-19H. The van der Waals surface area contributed by atoms with Gasteiger partial charge in [0, 0.05) is 52.8 Å². The molecule has 0 aliphatic carbocycles. The highest BCUT2D eigenvalue weighted by atomic mass is 32.1. The Balaban J connectivity index is 1.57. The van der Waals surface area contributed by atoms with Crippen molar-refractivity contribution in [1.82, 2.24) is 4.57 Å². The molecule has 3 heterocycles. The second-order valence-corrected chi connectivity index (χ2v) is 10.8. The molecule has 0 aliphatic rings. The van der Waals surface area contributed by atoms with Gasteiger partial charge in [0.25, 0.3) is 0 Å². The lowest BCUT2D eigenvalue weighted by molar-refractivity contribution is 0.669. The van der Waals surface area contributed by atoms with Crippen molar-refractivity contribution in [3.8, 4) is 5.69 Å². The molecule has 9 aromatic rings. The molecule has 3 aromatic heterocycles. The molecule has 2 nitrogen and oxygen atoms in total. The second kappa shape index (κ2) is 7.00. The molecule has 37 heavy (non-hydrogen) atoms. The summed E-state index contributed by atoms with van der Waals surface area (Å²) in [7, 11) is 0. The molecular weight excluding hydrogens is 470 g/mol. The van der Waals surface area contributed by atoms with Gasteiger partial charge in [0.1, 0.15) is 11.2 Å². The average Bonchev–Trinajstić information content (AvgIpc) is 3.62. The lowest BCUT2D eigenvalue weighted by atomic mass is 10.00. The van der Waals surface area contributed by atoms with Crippen LogP contribution in [0.25, 0.3) is 80.4 Å². The summed E-state index contributed by atoms with van der Waals surface area (Å²) in [6, 6.07) is 41.5. The molecule has 0 atom stereocenters. The van der Waals surface area contributed by atoms with Gasteiger partial charge in [0.15, 0.2) is 0 Å². The zero-order chi connectivity index (χ0) is 24.1. The van der Waals surface area contributed by atoms with Crippen LogP contribution in [-0.4, -0.2) is 4.57 Å². The van der Waals surface area contributed by atoms with Gasteiger partial charge in [0.05, 0.1) is 11.0 Å². The van der Waals surface area contributed by atoms with Crippen molar-refractivity contribution in [1.29, 1.82) is 0 Å². The van der Waals surface area contributed by atoms with Crippen molar-refractivity contribution in [2.75, 3.05) is 0 Å². The van der Waals surface area contributed by atoms with E-state index in [-0.39, 0.29) is 0 Å². The largest absolute Gasteiger partial charge is 0.456 e. The van der Waals surface area contributed by atoms with E-state index in [0.717, 1.165) is 27.6 Å². The maximum absolute atomic E-state index is 6.17. The Labute approximate surface area is 215 Å². The first kappa shape index (κ1) is 19.6. The van der Waals surface area contributed by atoms with Crippen molar-refractivity contribution in [3.63, 3.8) is 0 Å². The van der Waals surface area contributed by atoms with E-state index in [1.807, 2.05) is 23.5 Å². The molecule has 0 aliphatic heterocycles. The van der Waals surface area contributed by atoms with Crippen LogP contribution < -0.4 is 0 Å². The summed E-state index contributed by atoms with van der Waals surface area (Å²) in [5, 5.41) is 10.2. The van der Waals surface area contributed by atoms with Crippen LogP contribution in [0.2, 0.25) is 0 Å². The van der Waals surface area contributed by atoms with Gasteiger partial charge >= 0.3 is 0 Å². The first-order valence-corrected chi connectivity index (χ1v) is 13.4. The van der Waals surface area contributed by atoms with Gasteiger partial charge in [-0.05, 0) is 41.8 Å².